The van der Waals surface area contributed by atoms with Crippen LogP contribution in [-0.2, 0) is 6.42 Å². The summed E-state index contributed by atoms with van der Waals surface area (Å²) < 4.78 is 0.879. The molecule has 0 bridgehead atoms. The molecule has 0 fully saturated rings. The molecule has 2 rings (SSSR count). The summed E-state index contributed by atoms with van der Waals surface area (Å²) in [6.07, 6.45) is 1.99. The molecule has 4 heteroatoms. The van der Waals surface area contributed by atoms with Crippen molar-refractivity contribution in [3.05, 3.63) is 21.9 Å². The molecule has 0 saturated heterocycles. The lowest BCUT2D eigenvalue weighted by Crippen LogP contribution is -2.22. The number of amides is 1. The molecule has 12 heavy (non-hydrogen) atoms. The number of H-pyrrole nitrogens is 1. The summed E-state index contributed by atoms with van der Waals surface area (Å²) in [5.74, 6) is 0.00759. The molecule has 0 aromatic carbocycles. The Morgan fingerprint density at radius 2 is 2.33 bits per heavy atom. The number of aromatic amines is 1. The zero-order valence-corrected chi connectivity index (χ0v) is 8.07. The second-order valence-electron chi connectivity index (χ2n) is 2.88. The number of halogens is 1. The highest BCUT2D eigenvalue weighted by Gasteiger charge is 2.16. The fourth-order valence-corrected chi connectivity index (χ4v) is 1.90. The summed E-state index contributed by atoms with van der Waals surface area (Å²) >= 11 is 3.31. The third-order valence-corrected chi connectivity index (χ3v) is 2.43. The highest BCUT2D eigenvalue weighted by atomic mass is 79.9. The zero-order valence-electron chi connectivity index (χ0n) is 6.48. The van der Waals surface area contributed by atoms with Crippen LogP contribution in [0.4, 0.5) is 0 Å². The van der Waals surface area contributed by atoms with E-state index >= 15 is 0 Å². The molecule has 2 heterocycles. The van der Waals surface area contributed by atoms with E-state index in [1.165, 1.54) is 0 Å². The predicted octanol–water partition coefficient (Wildman–Crippen LogP) is 1.45. The molecule has 0 unspecified atom stereocenters. The maximum Gasteiger partial charge on any atom is 0.268 e. The molecule has 1 aliphatic heterocycles. The number of nitrogens with one attached hydrogen (secondary N) is 2. The van der Waals surface area contributed by atoms with Gasteiger partial charge < -0.3 is 10.3 Å². The van der Waals surface area contributed by atoms with Crippen molar-refractivity contribution in [1.29, 1.82) is 0 Å². The monoisotopic (exact) mass is 228 g/mol. The lowest BCUT2D eigenvalue weighted by atomic mass is 10.1. The fraction of sp³-hybridized carbons (Fsp3) is 0.375. The molecule has 0 radical (unpaired) electrons. The maximum absolute atomic E-state index is 11.4. The van der Waals surface area contributed by atoms with Crippen LogP contribution in [0.1, 0.15) is 22.5 Å². The quantitative estimate of drug-likeness (QED) is 0.694. The molecule has 0 aliphatic carbocycles. The maximum atomic E-state index is 11.4. The van der Waals surface area contributed by atoms with Crippen molar-refractivity contribution >= 4 is 21.8 Å². The summed E-state index contributed by atoms with van der Waals surface area (Å²) in [5.41, 5.74) is 1.82. The minimum absolute atomic E-state index is 0.00759. The number of hydrogen-bond donors (Lipinski definition) is 2. The molecule has 1 amide bonds. The average Bonchev–Trinajstić information content (AvgIpc) is 2.33. The molecular weight excluding hydrogens is 220 g/mol. The molecule has 3 nitrogen and oxygen atoms in total. The first-order valence-electron chi connectivity index (χ1n) is 3.93. The van der Waals surface area contributed by atoms with Crippen molar-refractivity contribution in [2.24, 2.45) is 0 Å². The zero-order chi connectivity index (χ0) is 8.55. The Kier molecular flexibility index (Phi) is 1.92. The minimum Gasteiger partial charge on any atom is -0.351 e. The van der Waals surface area contributed by atoms with Gasteiger partial charge in [0.25, 0.3) is 5.91 Å². The van der Waals surface area contributed by atoms with Crippen LogP contribution in [0.25, 0.3) is 0 Å². The van der Waals surface area contributed by atoms with Gasteiger partial charge in [-0.15, -0.1) is 0 Å². The van der Waals surface area contributed by atoms with Crippen molar-refractivity contribution in [2.75, 3.05) is 6.54 Å². The van der Waals surface area contributed by atoms with Crippen LogP contribution in [0.15, 0.2) is 10.7 Å². The average molecular weight is 229 g/mol. The summed E-state index contributed by atoms with van der Waals surface area (Å²) in [6, 6.07) is 1.97. The van der Waals surface area contributed by atoms with Crippen molar-refractivity contribution in [3.8, 4) is 0 Å². The van der Waals surface area contributed by atoms with E-state index in [9.17, 15) is 4.79 Å². The lowest BCUT2D eigenvalue weighted by Gasteiger charge is -1.96. The topological polar surface area (TPSA) is 44.9 Å². The summed E-state index contributed by atoms with van der Waals surface area (Å²) in [7, 11) is 0. The van der Waals surface area contributed by atoms with Crippen molar-refractivity contribution < 1.29 is 4.79 Å². The van der Waals surface area contributed by atoms with Crippen LogP contribution < -0.4 is 5.32 Å². The highest BCUT2D eigenvalue weighted by Crippen LogP contribution is 2.18. The molecule has 1 aromatic rings. The molecule has 1 aromatic heterocycles. The van der Waals surface area contributed by atoms with Gasteiger partial charge in [0.05, 0.1) is 4.60 Å². The van der Waals surface area contributed by atoms with E-state index in [4.69, 9.17) is 0 Å². The molecule has 64 valence electrons. The van der Waals surface area contributed by atoms with Gasteiger partial charge in [-0.25, -0.2) is 0 Å². The molecule has 2 N–H and O–H groups in total. The van der Waals surface area contributed by atoms with E-state index in [0.29, 0.717) is 5.69 Å². The van der Waals surface area contributed by atoms with Gasteiger partial charge in [0.15, 0.2) is 0 Å². The second kappa shape index (κ2) is 2.94. The number of aryl methyl sites for hydroxylation is 1. The van der Waals surface area contributed by atoms with Gasteiger partial charge in [-0.3, -0.25) is 4.79 Å². The standard InChI is InChI=1S/C8H9BrN2O/c9-6-4-5-2-1-3-10-8(12)7(5)11-6/h4,11H,1-3H2,(H,10,12). The van der Waals surface area contributed by atoms with Gasteiger partial charge >= 0.3 is 0 Å². The van der Waals surface area contributed by atoms with Gasteiger partial charge in [-0.1, -0.05) is 0 Å². The Morgan fingerprint density at radius 3 is 3.17 bits per heavy atom. The highest BCUT2D eigenvalue weighted by molar-refractivity contribution is 9.10. The Morgan fingerprint density at radius 1 is 1.50 bits per heavy atom. The molecular formula is C8H9BrN2O. The number of fused-ring (bicyclic) bond motifs is 1. The number of carbonyl (C=O) groups excluding carboxylic acids is 1. The molecule has 0 spiro atoms. The van der Waals surface area contributed by atoms with E-state index in [2.05, 4.69) is 26.2 Å². The third kappa shape index (κ3) is 1.27. The Balaban J connectivity index is 2.44. The normalized spacial score (nSPS) is 16.6. The predicted molar refractivity (Wildman–Crippen MR) is 49.1 cm³/mol. The summed E-state index contributed by atoms with van der Waals surface area (Å²) in [4.78, 5) is 14.3. The van der Waals surface area contributed by atoms with Crippen LogP contribution in [0, 0.1) is 0 Å². The van der Waals surface area contributed by atoms with Crippen LogP contribution in [0.2, 0.25) is 0 Å². The van der Waals surface area contributed by atoms with E-state index in [0.717, 1.165) is 29.6 Å². The van der Waals surface area contributed by atoms with E-state index in [1.807, 2.05) is 6.07 Å². The van der Waals surface area contributed by atoms with Crippen LogP contribution >= 0.6 is 15.9 Å². The first-order chi connectivity index (χ1) is 5.77. The van der Waals surface area contributed by atoms with Gasteiger partial charge in [-0.2, -0.15) is 0 Å². The van der Waals surface area contributed by atoms with Gasteiger partial charge in [0.1, 0.15) is 5.69 Å². The van der Waals surface area contributed by atoms with Crippen molar-refractivity contribution in [1.82, 2.24) is 10.3 Å². The van der Waals surface area contributed by atoms with E-state index in [1.54, 1.807) is 0 Å². The number of aromatic nitrogens is 1. The first-order valence-corrected chi connectivity index (χ1v) is 4.72. The Bertz CT molecular complexity index is 319. The SMILES string of the molecule is O=C1NCCCc2cc(Br)[nH]c21. The number of rotatable bonds is 0. The van der Waals surface area contributed by atoms with Crippen LogP contribution in [0.5, 0.6) is 0 Å². The third-order valence-electron chi connectivity index (χ3n) is 2.00. The van der Waals surface area contributed by atoms with Crippen molar-refractivity contribution in [3.63, 3.8) is 0 Å². The number of carbonyl (C=O) groups is 1. The summed E-state index contributed by atoms with van der Waals surface area (Å²) in [6.45, 7) is 0.777. The second-order valence-corrected chi connectivity index (χ2v) is 3.73. The van der Waals surface area contributed by atoms with Crippen LogP contribution in [0.3, 0.4) is 0 Å². The number of hydrogen-bond acceptors (Lipinski definition) is 1. The molecule has 0 atom stereocenters. The first kappa shape index (κ1) is 7.86. The van der Waals surface area contributed by atoms with E-state index in [-0.39, 0.29) is 5.91 Å². The molecule has 0 saturated carbocycles. The molecule has 1 aliphatic rings. The Labute approximate surface area is 78.7 Å². The largest absolute Gasteiger partial charge is 0.351 e. The van der Waals surface area contributed by atoms with Gasteiger partial charge in [0, 0.05) is 6.54 Å². The fourth-order valence-electron chi connectivity index (χ4n) is 1.43. The van der Waals surface area contributed by atoms with Gasteiger partial charge in [-0.05, 0) is 40.4 Å². The minimum atomic E-state index is 0.00759. The van der Waals surface area contributed by atoms with E-state index < -0.39 is 0 Å². The lowest BCUT2D eigenvalue weighted by molar-refractivity contribution is 0.0951. The Hall–Kier alpha value is -0.770. The van der Waals surface area contributed by atoms with Crippen molar-refractivity contribution in [2.45, 2.75) is 12.8 Å². The van der Waals surface area contributed by atoms with Crippen LogP contribution in [-0.4, -0.2) is 17.4 Å². The smallest absolute Gasteiger partial charge is 0.268 e. The van der Waals surface area contributed by atoms with Gasteiger partial charge in [0.2, 0.25) is 0 Å². The summed E-state index contributed by atoms with van der Waals surface area (Å²) in [5, 5.41) is 2.82.